The molecule has 2 heterocycles. The molecule has 1 aromatic rings. The van der Waals surface area contributed by atoms with Crippen LogP contribution in [0.4, 0.5) is 0 Å². The van der Waals surface area contributed by atoms with Crippen LogP contribution in [0.25, 0.3) is 0 Å². The summed E-state index contributed by atoms with van der Waals surface area (Å²) in [5.74, 6) is -4.68. The maximum atomic E-state index is 12.2. The minimum absolute atomic E-state index is 0.120. The number of hydrogen-bond donors (Lipinski definition) is 1. The second-order valence-corrected chi connectivity index (χ2v) is 6.20. The van der Waals surface area contributed by atoms with Gasteiger partial charge in [-0.2, -0.15) is 0 Å². The number of H-pyrrole nitrogens is 1. The molecule has 1 aliphatic rings. The summed E-state index contributed by atoms with van der Waals surface area (Å²) in [7, 11) is 0. The van der Waals surface area contributed by atoms with Gasteiger partial charge in [-0.05, 0) is 6.07 Å². The van der Waals surface area contributed by atoms with Gasteiger partial charge in [0, 0.05) is 6.20 Å². The second-order valence-electron chi connectivity index (χ2n) is 5.76. The van der Waals surface area contributed by atoms with Crippen LogP contribution in [0.3, 0.4) is 0 Å². The lowest BCUT2D eigenvalue weighted by Gasteiger charge is -2.25. The zero-order valence-electron chi connectivity index (χ0n) is 14.6. The highest BCUT2D eigenvalue weighted by Gasteiger charge is 2.47. The summed E-state index contributed by atoms with van der Waals surface area (Å²) >= 11 is 4.84. The maximum Gasteiger partial charge on any atom is 0.328 e. The van der Waals surface area contributed by atoms with Crippen molar-refractivity contribution in [1.29, 1.82) is 0 Å². The quantitative estimate of drug-likeness (QED) is 0.328. The molecule has 1 aliphatic heterocycles. The van der Waals surface area contributed by atoms with Gasteiger partial charge in [0.2, 0.25) is 0 Å². The van der Waals surface area contributed by atoms with E-state index in [-0.39, 0.29) is 4.64 Å². The van der Waals surface area contributed by atoms with Crippen molar-refractivity contribution in [2.75, 3.05) is 26.4 Å². The number of aromatic nitrogens is 2. The van der Waals surface area contributed by atoms with E-state index in [4.69, 9.17) is 31.2 Å². The Morgan fingerprint density at radius 2 is 1.66 bits per heavy atom. The van der Waals surface area contributed by atoms with Gasteiger partial charge in [0.05, 0.1) is 44.3 Å². The minimum Gasteiger partial charge on any atom is -0.548 e. The molecular weight excluding hydrogens is 416 g/mol. The van der Waals surface area contributed by atoms with Crippen molar-refractivity contribution in [3.8, 4) is 0 Å². The smallest absolute Gasteiger partial charge is 0.328 e. The highest BCUT2D eigenvalue weighted by atomic mass is 32.1. The maximum absolute atomic E-state index is 12.2. The topological polar surface area (TPSA) is 195 Å². The molecule has 0 radical (unpaired) electrons. The molecule has 2 rings (SSSR count). The molecule has 4 atom stereocenters. The van der Waals surface area contributed by atoms with E-state index in [1.54, 1.807) is 0 Å². The summed E-state index contributed by atoms with van der Waals surface area (Å²) in [5, 5.41) is 32.1. The van der Waals surface area contributed by atoms with Crippen LogP contribution in [-0.2, 0) is 33.3 Å². The first-order chi connectivity index (χ1) is 13.7. The van der Waals surface area contributed by atoms with E-state index in [0.717, 1.165) is 4.57 Å². The molecule has 0 unspecified atom stereocenters. The van der Waals surface area contributed by atoms with Crippen molar-refractivity contribution >= 4 is 30.1 Å². The normalized spacial score (nSPS) is 23.7. The molecule has 0 bridgehead atoms. The van der Waals surface area contributed by atoms with Crippen molar-refractivity contribution in [2.45, 2.75) is 24.5 Å². The molecule has 1 N–H and O–H groups in total. The van der Waals surface area contributed by atoms with Gasteiger partial charge in [0.1, 0.15) is 23.0 Å². The largest absolute Gasteiger partial charge is 0.548 e. The number of ether oxygens (including phenoxy) is 4. The van der Waals surface area contributed by atoms with Crippen molar-refractivity contribution < 1.29 is 48.7 Å². The first-order valence-corrected chi connectivity index (χ1v) is 8.47. The Bertz CT molecular complexity index is 866. The molecule has 0 aromatic carbocycles. The first kappa shape index (κ1) is 22.6. The van der Waals surface area contributed by atoms with Crippen LogP contribution < -0.4 is 21.0 Å². The molecule has 1 aromatic heterocycles. The number of rotatable bonds is 11. The standard InChI is InChI=1S/C15H18N2O11S/c18-9(19)4-25-3-7-12(26-5-10(20)21)13(27-6-11(22)23)14(28-7)17-2-1-8(29)16-15(17)24/h1-2,7,12-14H,3-6H2,(H,18,19)(H,20,21)(H,22,23)(H,16,24,29)/p-3/t7-,12+,13-,14-/m0/s1. The van der Waals surface area contributed by atoms with Crippen LogP contribution in [0.2, 0.25) is 0 Å². The van der Waals surface area contributed by atoms with Crippen LogP contribution in [0, 0.1) is 4.64 Å². The Morgan fingerprint density at radius 3 is 2.21 bits per heavy atom. The summed E-state index contributed by atoms with van der Waals surface area (Å²) in [4.78, 5) is 46.6. The van der Waals surface area contributed by atoms with E-state index in [2.05, 4.69) is 4.98 Å². The molecule has 0 amide bonds. The van der Waals surface area contributed by atoms with Crippen molar-refractivity contribution in [2.24, 2.45) is 0 Å². The lowest BCUT2D eigenvalue weighted by atomic mass is 10.1. The van der Waals surface area contributed by atoms with Crippen LogP contribution >= 0.6 is 12.2 Å². The van der Waals surface area contributed by atoms with E-state index in [1.165, 1.54) is 12.3 Å². The van der Waals surface area contributed by atoms with Crippen LogP contribution in [-0.4, -0.2) is 72.2 Å². The van der Waals surface area contributed by atoms with E-state index in [9.17, 15) is 34.5 Å². The summed E-state index contributed by atoms with van der Waals surface area (Å²) in [6, 6.07) is 1.35. The first-order valence-electron chi connectivity index (χ1n) is 8.06. The van der Waals surface area contributed by atoms with Gasteiger partial charge in [-0.3, -0.25) is 9.55 Å². The Balaban J connectivity index is 2.33. The fourth-order valence-electron chi connectivity index (χ4n) is 2.66. The summed E-state index contributed by atoms with van der Waals surface area (Å²) in [6.45, 7) is -3.03. The Labute approximate surface area is 167 Å². The summed E-state index contributed by atoms with van der Waals surface area (Å²) < 4.78 is 22.0. The molecule has 29 heavy (non-hydrogen) atoms. The molecule has 0 aliphatic carbocycles. The van der Waals surface area contributed by atoms with E-state index in [1.807, 2.05) is 0 Å². The number of carbonyl (C=O) groups is 3. The van der Waals surface area contributed by atoms with Crippen LogP contribution in [0.5, 0.6) is 0 Å². The van der Waals surface area contributed by atoms with Gasteiger partial charge in [-0.15, -0.1) is 0 Å². The van der Waals surface area contributed by atoms with Gasteiger partial charge in [-0.25, -0.2) is 4.79 Å². The number of carboxylic acids is 3. The molecule has 160 valence electrons. The number of carbonyl (C=O) groups excluding carboxylic acids is 3. The fraction of sp³-hybridized carbons (Fsp3) is 0.533. The van der Waals surface area contributed by atoms with E-state index in [0.29, 0.717) is 0 Å². The Morgan fingerprint density at radius 1 is 1.07 bits per heavy atom. The number of nitrogens with zero attached hydrogens (tertiary/aromatic N) is 1. The number of nitrogens with one attached hydrogen (secondary N) is 1. The summed E-state index contributed by atoms with van der Waals surface area (Å²) in [6.07, 6.45) is -3.71. The molecule has 1 fully saturated rings. The molecule has 0 saturated carbocycles. The molecule has 1 saturated heterocycles. The van der Waals surface area contributed by atoms with Crippen molar-refractivity contribution in [1.82, 2.24) is 9.55 Å². The lowest BCUT2D eigenvalue weighted by molar-refractivity contribution is -0.315. The molecule has 14 heteroatoms. The van der Waals surface area contributed by atoms with Gasteiger partial charge in [0.25, 0.3) is 0 Å². The SMILES string of the molecule is O=C([O-])COC[C@@H]1O[C@H](n2ccc(=S)[nH]c2=O)[C@@H](OCC(=O)[O-])[C@@H]1OCC(=O)[O-]. The molecular formula is C15H15N2O11S-3. The number of carboxylic acid groups (broad SMARTS) is 3. The average Bonchev–Trinajstić information content (AvgIpc) is 2.95. The van der Waals surface area contributed by atoms with E-state index < -0.39 is 74.6 Å². The van der Waals surface area contributed by atoms with Gasteiger partial charge in [-0.1, -0.05) is 12.2 Å². The Hall–Kier alpha value is -2.65. The van der Waals surface area contributed by atoms with Gasteiger partial charge < -0.3 is 48.7 Å². The molecule has 13 nitrogen and oxygen atoms in total. The predicted molar refractivity (Wildman–Crippen MR) is 85.1 cm³/mol. The minimum atomic E-state index is -1.58. The van der Waals surface area contributed by atoms with Crippen LogP contribution in [0.1, 0.15) is 6.23 Å². The van der Waals surface area contributed by atoms with Gasteiger partial charge in [0.15, 0.2) is 6.23 Å². The number of aromatic amines is 1. The average molecular weight is 431 g/mol. The Kier molecular flexibility index (Phi) is 7.98. The third-order valence-corrected chi connectivity index (χ3v) is 3.94. The van der Waals surface area contributed by atoms with Crippen LogP contribution in [0.15, 0.2) is 17.1 Å². The predicted octanol–water partition coefficient (Wildman–Crippen LogP) is -5.16. The third kappa shape index (κ3) is 6.43. The van der Waals surface area contributed by atoms with Crippen molar-refractivity contribution in [3.63, 3.8) is 0 Å². The summed E-state index contributed by atoms with van der Waals surface area (Å²) in [5.41, 5.74) is -0.723. The number of aliphatic carboxylic acids is 3. The van der Waals surface area contributed by atoms with Crippen molar-refractivity contribution in [3.05, 3.63) is 27.4 Å². The fourth-order valence-corrected chi connectivity index (χ4v) is 2.81. The second kappa shape index (κ2) is 10.2. The monoisotopic (exact) mass is 431 g/mol. The number of hydrogen-bond acceptors (Lipinski definition) is 12. The zero-order valence-corrected chi connectivity index (χ0v) is 15.5. The highest BCUT2D eigenvalue weighted by Crippen LogP contribution is 2.33. The lowest BCUT2D eigenvalue weighted by Crippen LogP contribution is -2.44. The molecule has 0 spiro atoms. The zero-order chi connectivity index (χ0) is 21.6. The third-order valence-electron chi connectivity index (χ3n) is 3.70. The highest BCUT2D eigenvalue weighted by molar-refractivity contribution is 7.71. The van der Waals surface area contributed by atoms with Gasteiger partial charge >= 0.3 is 5.69 Å². The van der Waals surface area contributed by atoms with E-state index >= 15 is 0 Å².